The third kappa shape index (κ3) is 1.87. The van der Waals surface area contributed by atoms with Crippen LogP contribution in [0.3, 0.4) is 0 Å². The van der Waals surface area contributed by atoms with Gasteiger partial charge in [-0.25, -0.2) is 0 Å². The predicted octanol–water partition coefficient (Wildman–Crippen LogP) is 1.06. The second-order valence-electron chi connectivity index (χ2n) is 3.30. The zero-order valence-corrected chi connectivity index (χ0v) is 7.36. The van der Waals surface area contributed by atoms with Crippen LogP contribution in [0.4, 0.5) is 0 Å². The first-order valence-corrected chi connectivity index (χ1v) is 4.12. The van der Waals surface area contributed by atoms with Gasteiger partial charge in [-0.15, -0.1) is 0 Å². The average molecular weight is 169 g/mol. The van der Waals surface area contributed by atoms with E-state index in [-0.39, 0.29) is 5.92 Å². The van der Waals surface area contributed by atoms with Crippen LogP contribution < -0.4 is 0 Å². The topological polar surface area (TPSA) is 56.2 Å². The average Bonchev–Trinajstić information content (AvgIpc) is 2.53. The van der Waals surface area contributed by atoms with E-state index in [1.54, 1.807) is 18.3 Å². The second kappa shape index (κ2) is 3.74. The number of rotatable bonds is 3. The van der Waals surface area contributed by atoms with Crippen LogP contribution in [0.5, 0.6) is 0 Å². The monoisotopic (exact) mass is 169 g/mol. The number of aliphatic hydroxyl groups is 2. The molecule has 0 aromatic carbocycles. The molecule has 0 spiro atoms. The van der Waals surface area contributed by atoms with Crippen LogP contribution in [0.15, 0.2) is 18.3 Å². The van der Waals surface area contributed by atoms with Crippen molar-refractivity contribution in [3.63, 3.8) is 0 Å². The maximum absolute atomic E-state index is 9.57. The Hall–Kier alpha value is -0.800. The van der Waals surface area contributed by atoms with Gasteiger partial charge >= 0.3 is 0 Å². The molecule has 3 nitrogen and oxygen atoms in total. The van der Waals surface area contributed by atoms with E-state index in [4.69, 9.17) is 0 Å². The van der Waals surface area contributed by atoms with Crippen molar-refractivity contribution in [1.29, 1.82) is 0 Å². The molecule has 68 valence electrons. The number of aliphatic hydroxyl groups excluding tert-OH is 2. The maximum atomic E-state index is 9.57. The van der Waals surface area contributed by atoms with Crippen molar-refractivity contribution in [1.82, 2.24) is 4.98 Å². The van der Waals surface area contributed by atoms with Gasteiger partial charge in [-0.2, -0.15) is 0 Å². The lowest BCUT2D eigenvalue weighted by Crippen LogP contribution is -2.24. The molecule has 0 saturated carbocycles. The Morgan fingerprint density at radius 2 is 2.00 bits per heavy atom. The van der Waals surface area contributed by atoms with E-state index in [9.17, 15) is 10.2 Å². The number of hydrogen-bond donors (Lipinski definition) is 3. The van der Waals surface area contributed by atoms with Gasteiger partial charge < -0.3 is 15.2 Å². The van der Waals surface area contributed by atoms with Crippen LogP contribution in [0, 0.1) is 5.92 Å². The van der Waals surface area contributed by atoms with Crippen LogP contribution in [0.2, 0.25) is 0 Å². The van der Waals surface area contributed by atoms with Gasteiger partial charge in [-0.3, -0.25) is 0 Å². The Kier molecular flexibility index (Phi) is 2.89. The molecule has 2 unspecified atom stereocenters. The molecule has 0 aliphatic heterocycles. The molecule has 2 atom stereocenters. The smallest absolute Gasteiger partial charge is 0.120 e. The van der Waals surface area contributed by atoms with Gasteiger partial charge in [0.1, 0.15) is 6.10 Å². The van der Waals surface area contributed by atoms with Gasteiger partial charge in [-0.05, 0) is 18.1 Å². The van der Waals surface area contributed by atoms with Gasteiger partial charge in [-0.1, -0.05) is 13.8 Å². The Morgan fingerprint density at radius 3 is 2.42 bits per heavy atom. The molecule has 3 N–H and O–H groups in total. The molecule has 0 amide bonds. The molecule has 0 saturated heterocycles. The summed E-state index contributed by atoms with van der Waals surface area (Å²) in [6.45, 7) is 3.74. The summed E-state index contributed by atoms with van der Waals surface area (Å²) >= 11 is 0. The van der Waals surface area contributed by atoms with E-state index in [1.165, 1.54) is 0 Å². The summed E-state index contributed by atoms with van der Waals surface area (Å²) in [5.74, 6) is 0.0586. The van der Waals surface area contributed by atoms with Crippen LogP contribution in [-0.4, -0.2) is 21.3 Å². The SMILES string of the molecule is CC(C)C(O)C(O)c1ccc[nH]1. The van der Waals surface area contributed by atoms with E-state index in [0.29, 0.717) is 5.69 Å². The normalized spacial score (nSPS) is 16.4. The zero-order valence-electron chi connectivity index (χ0n) is 7.36. The standard InChI is InChI=1S/C9H15NO2/c1-6(2)8(11)9(12)7-4-3-5-10-7/h3-6,8-12H,1-2H3. The van der Waals surface area contributed by atoms with E-state index in [2.05, 4.69) is 4.98 Å². The quantitative estimate of drug-likeness (QED) is 0.633. The third-order valence-corrected chi connectivity index (χ3v) is 1.95. The molecule has 0 aliphatic carbocycles. The maximum Gasteiger partial charge on any atom is 0.120 e. The Bertz CT molecular complexity index is 218. The van der Waals surface area contributed by atoms with Gasteiger partial charge in [0.15, 0.2) is 0 Å². The summed E-state index contributed by atoms with van der Waals surface area (Å²) < 4.78 is 0. The minimum atomic E-state index is -0.806. The zero-order chi connectivity index (χ0) is 9.14. The molecule has 0 fully saturated rings. The molecular weight excluding hydrogens is 154 g/mol. The molecule has 0 bridgehead atoms. The Morgan fingerprint density at radius 1 is 1.33 bits per heavy atom. The van der Waals surface area contributed by atoms with Crippen LogP contribution >= 0.6 is 0 Å². The predicted molar refractivity (Wildman–Crippen MR) is 46.6 cm³/mol. The van der Waals surface area contributed by atoms with Gasteiger partial charge in [0.2, 0.25) is 0 Å². The van der Waals surface area contributed by atoms with Crippen molar-refractivity contribution in [2.24, 2.45) is 5.92 Å². The molecule has 1 aromatic heterocycles. The minimum Gasteiger partial charge on any atom is -0.390 e. The lowest BCUT2D eigenvalue weighted by atomic mass is 10.00. The molecule has 0 radical (unpaired) electrons. The highest BCUT2D eigenvalue weighted by atomic mass is 16.3. The van der Waals surface area contributed by atoms with Crippen molar-refractivity contribution < 1.29 is 10.2 Å². The fourth-order valence-corrected chi connectivity index (χ4v) is 1.08. The summed E-state index contributed by atoms with van der Waals surface area (Å²) in [5.41, 5.74) is 0.663. The molecule has 1 rings (SSSR count). The van der Waals surface area contributed by atoms with Crippen molar-refractivity contribution in [2.45, 2.75) is 26.1 Å². The Balaban J connectivity index is 2.65. The molecule has 1 aromatic rings. The van der Waals surface area contributed by atoms with Crippen molar-refractivity contribution in [3.05, 3.63) is 24.0 Å². The van der Waals surface area contributed by atoms with E-state index in [0.717, 1.165) is 0 Å². The van der Waals surface area contributed by atoms with Crippen molar-refractivity contribution >= 4 is 0 Å². The van der Waals surface area contributed by atoms with Crippen LogP contribution in [0.1, 0.15) is 25.6 Å². The lowest BCUT2D eigenvalue weighted by molar-refractivity contribution is -0.0114. The fraction of sp³-hybridized carbons (Fsp3) is 0.556. The molecule has 12 heavy (non-hydrogen) atoms. The van der Waals surface area contributed by atoms with Crippen LogP contribution in [0.25, 0.3) is 0 Å². The van der Waals surface area contributed by atoms with Crippen molar-refractivity contribution in [2.75, 3.05) is 0 Å². The van der Waals surface area contributed by atoms with E-state index < -0.39 is 12.2 Å². The Labute approximate surface area is 72.1 Å². The number of nitrogens with one attached hydrogen (secondary N) is 1. The number of H-pyrrole nitrogens is 1. The first-order chi connectivity index (χ1) is 5.63. The highest BCUT2D eigenvalue weighted by Crippen LogP contribution is 2.19. The number of aromatic nitrogens is 1. The molecule has 3 heteroatoms. The van der Waals surface area contributed by atoms with Gasteiger partial charge in [0.25, 0.3) is 0 Å². The van der Waals surface area contributed by atoms with E-state index >= 15 is 0 Å². The largest absolute Gasteiger partial charge is 0.390 e. The number of hydrogen-bond acceptors (Lipinski definition) is 2. The number of aromatic amines is 1. The van der Waals surface area contributed by atoms with Crippen molar-refractivity contribution in [3.8, 4) is 0 Å². The summed E-state index contributed by atoms with van der Waals surface area (Å²) in [7, 11) is 0. The molecular formula is C9H15NO2. The van der Waals surface area contributed by atoms with E-state index in [1.807, 2.05) is 13.8 Å². The first kappa shape index (κ1) is 9.29. The summed E-state index contributed by atoms with van der Waals surface area (Å²) in [5, 5.41) is 19.1. The minimum absolute atomic E-state index is 0.0586. The fourth-order valence-electron chi connectivity index (χ4n) is 1.08. The summed E-state index contributed by atoms with van der Waals surface area (Å²) in [4.78, 5) is 2.86. The highest BCUT2D eigenvalue weighted by Gasteiger charge is 2.21. The van der Waals surface area contributed by atoms with Gasteiger partial charge in [0, 0.05) is 11.9 Å². The second-order valence-corrected chi connectivity index (χ2v) is 3.30. The summed E-state index contributed by atoms with van der Waals surface area (Å²) in [6.07, 6.45) is 0.217. The highest BCUT2D eigenvalue weighted by molar-refractivity contribution is 5.08. The molecule has 0 aliphatic rings. The molecule has 1 heterocycles. The first-order valence-electron chi connectivity index (χ1n) is 4.12. The lowest BCUT2D eigenvalue weighted by Gasteiger charge is -2.19. The summed E-state index contributed by atoms with van der Waals surface area (Å²) in [6, 6.07) is 3.56. The van der Waals surface area contributed by atoms with Gasteiger partial charge in [0.05, 0.1) is 6.10 Å². The third-order valence-electron chi connectivity index (χ3n) is 1.95. The van der Waals surface area contributed by atoms with Crippen LogP contribution in [-0.2, 0) is 0 Å².